The SMILES string of the molecule is Cn1ncnc1C1NCCc2ccccc21. The maximum Gasteiger partial charge on any atom is 0.148 e. The van der Waals surface area contributed by atoms with E-state index in [2.05, 4.69) is 39.7 Å². The highest BCUT2D eigenvalue weighted by Gasteiger charge is 2.23. The first kappa shape index (κ1) is 9.54. The van der Waals surface area contributed by atoms with E-state index in [9.17, 15) is 0 Å². The van der Waals surface area contributed by atoms with Gasteiger partial charge >= 0.3 is 0 Å². The lowest BCUT2D eigenvalue weighted by atomic mass is 9.94. The monoisotopic (exact) mass is 214 g/mol. The topological polar surface area (TPSA) is 42.7 Å². The number of aromatic nitrogens is 3. The van der Waals surface area contributed by atoms with E-state index in [-0.39, 0.29) is 6.04 Å². The van der Waals surface area contributed by atoms with Crippen LogP contribution in [-0.4, -0.2) is 21.3 Å². The van der Waals surface area contributed by atoms with E-state index in [4.69, 9.17) is 0 Å². The van der Waals surface area contributed by atoms with E-state index in [1.807, 2.05) is 11.7 Å². The second kappa shape index (κ2) is 3.72. The van der Waals surface area contributed by atoms with Crippen LogP contribution in [0.15, 0.2) is 30.6 Å². The molecule has 0 spiro atoms. The fourth-order valence-corrected chi connectivity index (χ4v) is 2.30. The third-order valence-electron chi connectivity index (χ3n) is 3.11. The standard InChI is InChI=1S/C12H14N4/c1-16-12(14-8-15-16)11-10-5-3-2-4-9(10)6-7-13-11/h2-5,8,11,13H,6-7H2,1H3. The van der Waals surface area contributed by atoms with Crippen molar-refractivity contribution in [2.75, 3.05) is 6.54 Å². The summed E-state index contributed by atoms with van der Waals surface area (Å²) in [6, 6.07) is 8.71. The van der Waals surface area contributed by atoms with Crippen LogP contribution in [0.25, 0.3) is 0 Å². The molecule has 2 heterocycles. The van der Waals surface area contributed by atoms with E-state index in [1.54, 1.807) is 6.33 Å². The molecule has 3 rings (SSSR count). The van der Waals surface area contributed by atoms with Gasteiger partial charge in [-0.3, -0.25) is 4.68 Å². The molecule has 1 N–H and O–H groups in total. The highest BCUT2D eigenvalue weighted by atomic mass is 15.3. The summed E-state index contributed by atoms with van der Waals surface area (Å²) in [4.78, 5) is 4.33. The van der Waals surface area contributed by atoms with Crippen molar-refractivity contribution in [1.29, 1.82) is 0 Å². The van der Waals surface area contributed by atoms with Crippen molar-refractivity contribution in [2.24, 2.45) is 7.05 Å². The van der Waals surface area contributed by atoms with E-state index >= 15 is 0 Å². The normalized spacial score (nSPS) is 19.4. The number of rotatable bonds is 1. The molecule has 1 aromatic carbocycles. The quantitative estimate of drug-likeness (QED) is 0.771. The molecule has 1 aliphatic rings. The smallest absolute Gasteiger partial charge is 0.148 e. The Morgan fingerprint density at radius 2 is 2.25 bits per heavy atom. The molecule has 0 saturated carbocycles. The Hall–Kier alpha value is -1.68. The number of hydrogen-bond donors (Lipinski definition) is 1. The Morgan fingerprint density at radius 3 is 3.06 bits per heavy atom. The maximum absolute atomic E-state index is 4.33. The summed E-state index contributed by atoms with van der Waals surface area (Å²) in [6.07, 6.45) is 2.69. The lowest BCUT2D eigenvalue weighted by molar-refractivity contribution is 0.519. The van der Waals surface area contributed by atoms with E-state index < -0.39 is 0 Å². The molecule has 0 radical (unpaired) electrons. The molecular weight excluding hydrogens is 200 g/mol. The molecule has 0 amide bonds. The van der Waals surface area contributed by atoms with Gasteiger partial charge in [0.15, 0.2) is 0 Å². The Labute approximate surface area is 94.3 Å². The van der Waals surface area contributed by atoms with Crippen molar-refractivity contribution in [1.82, 2.24) is 20.1 Å². The zero-order valence-corrected chi connectivity index (χ0v) is 9.22. The Kier molecular flexibility index (Phi) is 2.22. The maximum atomic E-state index is 4.33. The number of hydrogen-bond acceptors (Lipinski definition) is 3. The van der Waals surface area contributed by atoms with Crippen molar-refractivity contribution in [3.63, 3.8) is 0 Å². The molecular formula is C12H14N4. The summed E-state index contributed by atoms with van der Waals surface area (Å²) in [6.45, 7) is 0.995. The fourth-order valence-electron chi connectivity index (χ4n) is 2.30. The van der Waals surface area contributed by atoms with Crippen LogP contribution in [0.1, 0.15) is 23.0 Å². The molecule has 0 aliphatic carbocycles. The molecule has 82 valence electrons. The first-order chi connectivity index (χ1) is 7.86. The van der Waals surface area contributed by atoms with Gasteiger partial charge in [0, 0.05) is 13.6 Å². The minimum Gasteiger partial charge on any atom is -0.303 e. The molecule has 4 nitrogen and oxygen atoms in total. The predicted molar refractivity (Wildman–Crippen MR) is 61.0 cm³/mol. The summed E-state index contributed by atoms with van der Waals surface area (Å²) in [5, 5.41) is 7.63. The number of benzene rings is 1. The van der Waals surface area contributed by atoms with Crippen LogP contribution in [0.2, 0.25) is 0 Å². The third-order valence-corrected chi connectivity index (χ3v) is 3.11. The first-order valence-corrected chi connectivity index (χ1v) is 5.51. The molecule has 1 aromatic heterocycles. The van der Waals surface area contributed by atoms with Gasteiger partial charge in [-0.15, -0.1) is 0 Å². The molecule has 0 fully saturated rings. The van der Waals surface area contributed by atoms with E-state index in [1.165, 1.54) is 11.1 Å². The Morgan fingerprint density at radius 1 is 1.38 bits per heavy atom. The third kappa shape index (κ3) is 1.42. The van der Waals surface area contributed by atoms with Gasteiger partial charge in [0.05, 0.1) is 6.04 Å². The highest BCUT2D eigenvalue weighted by molar-refractivity contribution is 5.35. The Bertz CT molecular complexity index is 503. The summed E-state index contributed by atoms with van der Waals surface area (Å²) in [7, 11) is 1.93. The van der Waals surface area contributed by atoms with Crippen LogP contribution in [0.3, 0.4) is 0 Å². The lowest BCUT2D eigenvalue weighted by Gasteiger charge is -2.25. The highest BCUT2D eigenvalue weighted by Crippen LogP contribution is 2.26. The molecule has 1 unspecified atom stereocenters. The van der Waals surface area contributed by atoms with Crippen molar-refractivity contribution in [2.45, 2.75) is 12.5 Å². The molecule has 0 saturated heterocycles. The van der Waals surface area contributed by atoms with Gasteiger partial charge in [0.2, 0.25) is 0 Å². The van der Waals surface area contributed by atoms with Gasteiger partial charge < -0.3 is 5.32 Å². The van der Waals surface area contributed by atoms with Gasteiger partial charge in [-0.2, -0.15) is 5.10 Å². The van der Waals surface area contributed by atoms with Crippen LogP contribution in [0.4, 0.5) is 0 Å². The zero-order valence-electron chi connectivity index (χ0n) is 9.22. The van der Waals surface area contributed by atoms with Gasteiger partial charge in [0.1, 0.15) is 12.2 Å². The molecule has 2 aromatic rings. The van der Waals surface area contributed by atoms with Gasteiger partial charge in [0.25, 0.3) is 0 Å². The second-order valence-electron chi connectivity index (χ2n) is 4.08. The molecule has 1 aliphatic heterocycles. The van der Waals surface area contributed by atoms with Gasteiger partial charge in [-0.25, -0.2) is 4.98 Å². The van der Waals surface area contributed by atoms with Crippen LogP contribution in [-0.2, 0) is 13.5 Å². The predicted octanol–water partition coefficient (Wildman–Crippen LogP) is 1.05. The summed E-state index contributed by atoms with van der Waals surface area (Å²) in [5.41, 5.74) is 2.74. The number of nitrogens with one attached hydrogen (secondary N) is 1. The van der Waals surface area contributed by atoms with E-state index in [0.717, 1.165) is 18.8 Å². The average molecular weight is 214 g/mol. The van der Waals surface area contributed by atoms with E-state index in [0.29, 0.717) is 0 Å². The molecule has 16 heavy (non-hydrogen) atoms. The summed E-state index contributed by atoms with van der Waals surface area (Å²) in [5.74, 6) is 0.979. The second-order valence-corrected chi connectivity index (χ2v) is 4.08. The largest absolute Gasteiger partial charge is 0.303 e. The van der Waals surface area contributed by atoms with Crippen molar-refractivity contribution < 1.29 is 0 Å². The molecule has 0 bridgehead atoms. The number of aryl methyl sites for hydroxylation is 1. The minimum atomic E-state index is 0.178. The minimum absolute atomic E-state index is 0.178. The molecule has 4 heteroatoms. The molecule has 1 atom stereocenters. The van der Waals surface area contributed by atoms with Crippen molar-refractivity contribution in [3.05, 3.63) is 47.5 Å². The van der Waals surface area contributed by atoms with Crippen molar-refractivity contribution >= 4 is 0 Å². The Balaban J connectivity index is 2.08. The van der Waals surface area contributed by atoms with Crippen LogP contribution in [0.5, 0.6) is 0 Å². The van der Waals surface area contributed by atoms with Gasteiger partial charge in [-0.1, -0.05) is 24.3 Å². The zero-order chi connectivity index (χ0) is 11.0. The first-order valence-electron chi connectivity index (χ1n) is 5.51. The number of nitrogens with zero attached hydrogens (tertiary/aromatic N) is 3. The van der Waals surface area contributed by atoms with Gasteiger partial charge in [-0.05, 0) is 17.5 Å². The number of fused-ring (bicyclic) bond motifs is 1. The summed E-state index contributed by atoms with van der Waals surface area (Å²) >= 11 is 0. The average Bonchev–Trinajstić information content (AvgIpc) is 2.75. The summed E-state index contributed by atoms with van der Waals surface area (Å²) < 4.78 is 1.83. The lowest BCUT2D eigenvalue weighted by Crippen LogP contribution is -2.32. The van der Waals surface area contributed by atoms with Crippen molar-refractivity contribution in [3.8, 4) is 0 Å². The van der Waals surface area contributed by atoms with Crippen LogP contribution < -0.4 is 5.32 Å². The van der Waals surface area contributed by atoms with Crippen LogP contribution in [0, 0.1) is 0 Å². The fraction of sp³-hybridized carbons (Fsp3) is 0.333. The van der Waals surface area contributed by atoms with Crippen LogP contribution >= 0.6 is 0 Å².